The maximum absolute atomic E-state index is 11.5. The molecular formula is C15H19N3O2. The molecule has 4 N–H and O–H groups in total. The fourth-order valence-corrected chi connectivity index (χ4v) is 2.92. The summed E-state index contributed by atoms with van der Waals surface area (Å²) >= 11 is 0. The van der Waals surface area contributed by atoms with Crippen LogP contribution in [0.2, 0.25) is 0 Å². The van der Waals surface area contributed by atoms with E-state index < -0.39 is 5.91 Å². The zero-order chi connectivity index (χ0) is 13.9. The SMILES string of the molecule is O=C(NO)C1=Cc2cc(C3CCNCC3)ccc2NC1. The number of carbonyl (C=O) groups excluding carboxylic acids is 1. The van der Waals surface area contributed by atoms with Gasteiger partial charge < -0.3 is 10.6 Å². The maximum Gasteiger partial charge on any atom is 0.272 e. The van der Waals surface area contributed by atoms with Crippen LogP contribution >= 0.6 is 0 Å². The van der Waals surface area contributed by atoms with Gasteiger partial charge in [0.1, 0.15) is 0 Å². The second kappa shape index (κ2) is 5.64. The summed E-state index contributed by atoms with van der Waals surface area (Å²) in [7, 11) is 0. The fourth-order valence-electron chi connectivity index (χ4n) is 2.92. The molecule has 5 heteroatoms. The monoisotopic (exact) mass is 273 g/mol. The van der Waals surface area contributed by atoms with E-state index in [1.54, 1.807) is 5.48 Å². The molecule has 1 amide bonds. The van der Waals surface area contributed by atoms with Gasteiger partial charge in [0.2, 0.25) is 0 Å². The Morgan fingerprint density at radius 3 is 2.85 bits per heavy atom. The molecule has 2 aliphatic rings. The van der Waals surface area contributed by atoms with Gasteiger partial charge in [-0.25, -0.2) is 5.48 Å². The maximum atomic E-state index is 11.5. The van der Waals surface area contributed by atoms with E-state index in [9.17, 15) is 4.79 Å². The molecular weight excluding hydrogens is 254 g/mol. The standard InChI is InChI=1S/C15H19N3O2/c19-15(18-20)13-8-12-7-11(1-2-14(12)17-9-13)10-3-5-16-6-4-10/h1-2,7-8,10,16-17,20H,3-6,9H2,(H,18,19). The van der Waals surface area contributed by atoms with E-state index in [1.165, 1.54) is 5.56 Å². The highest BCUT2D eigenvalue weighted by Crippen LogP contribution is 2.31. The molecule has 0 aliphatic carbocycles. The number of fused-ring (bicyclic) bond motifs is 1. The first-order valence-electron chi connectivity index (χ1n) is 7.01. The summed E-state index contributed by atoms with van der Waals surface area (Å²) in [6.07, 6.45) is 4.15. The normalized spacial score (nSPS) is 18.8. The van der Waals surface area contributed by atoms with Crippen molar-refractivity contribution in [3.05, 3.63) is 34.9 Å². The summed E-state index contributed by atoms with van der Waals surface area (Å²) in [6.45, 7) is 2.56. The number of hydrogen-bond acceptors (Lipinski definition) is 4. The molecule has 1 fully saturated rings. The van der Waals surface area contributed by atoms with Gasteiger partial charge >= 0.3 is 0 Å². The summed E-state index contributed by atoms with van der Waals surface area (Å²) in [5, 5.41) is 15.3. The number of nitrogens with one attached hydrogen (secondary N) is 3. The van der Waals surface area contributed by atoms with E-state index in [1.807, 2.05) is 6.08 Å². The third-order valence-electron chi connectivity index (χ3n) is 4.08. The quantitative estimate of drug-likeness (QED) is 0.486. The number of rotatable bonds is 2. The molecule has 0 saturated carbocycles. The van der Waals surface area contributed by atoms with Crippen molar-refractivity contribution in [2.45, 2.75) is 18.8 Å². The van der Waals surface area contributed by atoms with Gasteiger partial charge in [-0.3, -0.25) is 10.0 Å². The first-order chi connectivity index (χ1) is 9.78. The molecule has 20 heavy (non-hydrogen) atoms. The first-order valence-corrected chi connectivity index (χ1v) is 7.01. The van der Waals surface area contributed by atoms with Crippen LogP contribution < -0.4 is 16.1 Å². The highest BCUT2D eigenvalue weighted by atomic mass is 16.5. The van der Waals surface area contributed by atoms with Gasteiger partial charge in [-0.1, -0.05) is 6.07 Å². The smallest absolute Gasteiger partial charge is 0.272 e. The molecule has 2 aliphatic heterocycles. The van der Waals surface area contributed by atoms with Crippen molar-refractivity contribution in [3.8, 4) is 0 Å². The van der Waals surface area contributed by atoms with Crippen LogP contribution in [0.15, 0.2) is 23.8 Å². The third kappa shape index (κ3) is 2.55. The molecule has 0 unspecified atom stereocenters. The molecule has 3 rings (SSSR count). The van der Waals surface area contributed by atoms with E-state index in [0.717, 1.165) is 37.2 Å². The lowest BCUT2D eigenvalue weighted by atomic mass is 9.88. The molecule has 1 saturated heterocycles. The summed E-state index contributed by atoms with van der Waals surface area (Å²) in [6, 6.07) is 6.41. The Hall–Kier alpha value is -1.85. The predicted octanol–water partition coefficient (Wildman–Crippen LogP) is 1.47. The number of benzene rings is 1. The van der Waals surface area contributed by atoms with E-state index in [0.29, 0.717) is 18.0 Å². The van der Waals surface area contributed by atoms with Gasteiger partial charge in [0.15, 0.2) is 0 Å². The molecule has 2 heterocycles. The van der Waals surface area contributed by atoms with Gasteiger partial charge in [0, 0.05) is 17.8 Å². The molecule has 1 aromatic rings. The van der Waals surface area contributed by atoms with Crippen molar-refractivity contribution in [1.29, 1.82) is 0 Å². The molecule has 0 atom stereocenters. The average molecular weight is 273 g/mol. The summed E-state index contributed by atoms with van der Waals surface area (Å²) < 4.78 is 0. The highest BCUT2D eigenvalue weighted by Gasteiger charge is 2.19. The molecule has 0 spiro atoms. The lowest BCUT2D eigenvalue weighted by Crippen LogP contribution is -2.27. The minimum absolute atomic E-state index is 0.437. The number of carbonyl (C=O) groups is 1. The largest absolute Gasteiger partial charge is 0.380 e. The van der Waals surface area contributed by atoms with E-state index in [2.05, 4.69) is 28.8 Å². The Labute approximate surface area is 118 Å². The van der Waals surface area contributed by atoms with Crippen molar-refractivity contribution < 1.29 is 10.0 Å². The average Bonchev–Trinajstić information content (AvgIpc) is 2.54. The van der Waals surface area contributed by atoms with Crippen LogP contribution in [-0.2, 0) is 4.79 Å². The van der Waals surface area contributed by atoms with Crippen molar-refractivity contribution >= 4 is 17.7 Å². The van der Waals surface area contributed by atoms with E-state index >= 15 is 0 Å². The van der Waals surface area contributed by atoms with Crippen LogP contribution in [0.1, 0.15) is 29.9 Å². The lowest BCUT2D eigenvalue weighted by molar-refractivity contribution is -0.125. The number of hydrogen-bond donors (Lipinski definition) is 4. The Morgan fingerprint density at radius 2 is 2.10 bits per heavy atom. The topological polar surface area (TPSA) is 73.4 Å². The molecule has 0 radical (unpaired) electrons. The fraction of sp³-hybridized carbons (Fsp3) is 0.400. The first kappa shape index (κ1) is 13.1. The van der Waals surface area contributed by atoms with Crippen molar-refractivity contribution in [2.24, 2.45) is 0 Å². The molecule has 106 valence electrons. The van der Waals surface area contributed by atoms with Crippen LogP contribution in [0.5, 0.6) is 0 Å². The molecule has 1 aromatic carbocycles. The Balaban J connectivity index is 1.88. The number of hydroxylamine groups is 1. The van der Waals surface area contributed by atoms with Crippen LogP contribution in [0.4, 0.5) is 5.69 Å². The number of anilines is 1. The second-order valence-electron chi connectivity index (χ2n) is 5.34. The summed E-state index contributed by atoms with van der Waals surface area (Å²) in [5.41, 5.74) is 5.62. The second-order valence-corrected chi connectivity index (χ2v) is 5.34. The number of amides is 1. The van der Waals surface area contributed by atoms with Crippen molar-refractivity contribution in [1.82, 2.24) is 10.8 Å². The molecule has 0 bridgehead atoms. The minimum atomic E-state index is -0.449. The highest BCUT2D eigenvalue weighted by molar-refractivity contribution is 6.00. The Bertz CT molecular complexity index is 548. The Kier molecular flexibility index (Phi) is 3.71. The lowest BCUT2D eigenvalue weighted by Gasteiger charge is -2.25. The summed E-state index contributed by atoms with van der Waals surface area (Å²) in [4.78, 5) is 11.5. The van der Waals surface area contributed by atoms with Crippen molar-refractivity contribution in [2.75, 3.05) is 25.0 Å². The van der Waals surface area contributed by atoms with Crippen LogP contribution in [0, 0.1) is 0 Å². The zero-order valence-electron chi connectivity index (χ0n) is 11.3. The summed E-state index contributed by atoms with van der Waals surface area (Å²) in [5.74, 6) is 0.141. The van der Waals surface area contributed by atoms with Gasteiger partial charge in [-0.2, -0.15) is 0 Å². The molecule has 0 aromatic heterocycles. The van der Waals surface area contributed by atoms with Gasteiger partial charge in [-0.15, -0.1) is 0 Å². The minimum Gasteiger partial charge on any atom is -0.380 e. The van der Waals surface area contributed by atoms with Crippen LogP contribution in [0.3, 0.4) is 0 Å². The van der Waals surface area contributed by atoms with Gasteiger partial charge in [0.25, 0.3) is 5.91 Å². The number of piperidine rings is 1. The van der Waals surface area contributed by atoms with E-state index in [-0.39, 0.29) is 0 Å². The van der Waals surface area contributed by atoms with Gasteiger partial charge in [-0.05, 0) is 61.2 Å². The van der Waals surface area contributed by atoms with Crippen LogP contribution in [-0.4, -0.2) is 30.7 Å². The molecule has 5 nitrogen and oxygen atoms in total. The predicted molar refractivity (Wildman–Crippen MR) is 77.7 cm³/mol. The van der Waals surface area contributed by atoms with Crippen LogP contribution in [0.25, 0.3) is 6.08 Å². The Morgan fingerprint density at radius 1 is 1.30 bits per heavy atom. The zero-order valence-corrected chi connectivity index (χ0v) is 11.3. The van der Waals surface area contributed by atoms with Crippen molar-refractivity contribution in [3.63, 3.8) is 0 Å². The third-order valence-corrected chi connectivity index (χ3v) is 4.08. The van der Waals surface area contributed by atoms with Gasteiger partial charge in [0.05, 0.1) is 0 Å². The van der Waals surface area contributed by atoms with E-state index in [4.69, 9.17) is 5.21 Å².